The Labute approximate surface area is 456 Å². The zero-order chi connectivity index (χ0) is 54.2. The van der Waals surface area contributed by atoms with Gasteiger partial charge in [0.2, 0.25) is 0 Å². The SMILES string of the molecule is CC/C=C\C/C=C\C/C=C\C/C=C\C/C=C\CCCCCCCCCC(=O)OC(COC(=O)CCCCCCCCCCCCCCCCC/C=C\C/C=C\CCCCCCC)COP(=O)([O-])OCC[N+](C)(C)C. The minimum atomic E-state index is -4.64. The Balaban J connectivity index is 4.16. The van der Waals surface area contributed by atoms with Gasteiger partial charge < -0.3 is 27.9 Å². The molecule has 2 atom stereocenters. The van der Waals surface area contributed by atoms with Crippen LogP contribution in [-0.4, -0.2) is 70.0 Å². The number of hydrogen-bond donors (Lipinski definition) is 0. The highest BCUT2D eigenvalue weighted by Crippen LogP contribution is 2.38. The number of unbranched alkanes of at least 4 members (excludes halogenated alkanes) is 27. The minimum absolute atomic E-state index is 0.0365. The summed E-state index contributed by atoms with van der Waals surface area (Å²) in [5.41, 5.74) is 0. The number of carbonyl (C=O) groups is 2. The number of rotatable bonds is 55. The summed E-state index contributed by atoms with van der Waals surface area (Å²) in [5, 5.41) is 0. The van der Waals surface area contributed by atoms with Gasteiger partial charge in [-0.25, -0.2) is 0 Å². The van der Waals surface area contributed by atoms with Crippen LogP contribution in [0.4, 0.5) is 0 Å². The van der Waals surface area contributed by atoms with Crippen molar-refractivity contribution in [2.45, 2.75) is 264 Å². The summed E-state index contributed by atoms with van der Waals surface area (Å²) in [6.45, 7) is 4.12. The van der Waals surface area contributed by atoms with Gasteiger partial charge in [0.1, 0.15) is 19.8 Å². The van der Waals surface area contributed by atoms with E-state index in [0.29, 0.717) is 17.4 Å². The van der Waals surface area contributed by atoms with E-state index in [4.69, 9.17) is 18.5 Å². The molecule has 0 bridgehead atoms. The van der Waals surface area contributed by atoms with E-state index in [2.05, 4.69) is 98.9 Å². The van der Waals surface area contributed by atoms with E-state index in [1.54, 1.807) is 0 Å². The van der Waals surface area contributed by atoms with Crippen LogP contribution in [0, 0.1) is 0 Å². The maximum absolute atomic E-state index is 12.8. The van der Waals surface area contributed by atoms with Crippen molar-refractivity contribution in [1.29, 1.82) is 0 Å². The smallest absolute Gasteiger partial charge is 0.306 e. The second kappa shape index (κ2) is 55.0. The molecular weight excluding hydrogens is 942 g/mol. The molecular formula is C64H114NO8P. The van der Waals surface area contributed by atoms with Crippen molar-refractivity contribution in [2.75, 3.05) is 47.5 Å². The Morgan fingerprint density at radius 2 is 0.770 bits per heavy atom. The molecule has 10 heteroatoms. The Morgan fingerprint density at radius 1 is 0.432 bits per heavy atom. The molecule has 74 heavy (non-hydrogen) atoms. The number of nitrogens with zero attached hydrogens (tertiary/aromatic N) is 1. The van der Waals surface area contributed by atoms with Gasteiger partial charge in [-0.1, -0.05) is 240 Å². The fraction of sp³-hybridized carbons (Fsp3) is 0.750. The van der Waals surface area contributed by atoms with E-state index >= 15 is 0 Å². The van der Waals surface area contributed by atoms with Gasteiger partial charge in [0, 0.05) is 12.8 Å². The van der Waals surface area contributed by atoms with Crippen molar-refractivity contribution in [3.63, 3.8) is 0 Å². The van der Waals surface area contributed by atoms with Crippen LogP contribution in [0.5, 0.6) is 0 Å². The summed E-state index contributed by atoms with van der Waals surface area (Å²) in [4.78, 5) is 37.9. The second-order valence-corrected chi connectivity index (χ2v) is 22.7. The van der Waals surface area contributed by atoms with Gasteiger partial charge in [0.05, 0.1) is 27.7 Å². The predicted molar refractivity (Wildman–Crippen MR) is 314 cm³/mol. The third kappa shape index (κ3) is 58.5. The lowest BCUT2D eigenvalue weighted by Gasteiger charge is -2.28. The summed E-state index contributed by atoms with van der Waals surface area (Å²) in [6.07, 6.45) is 73.4. The minimum Gasteiger partial charge on any atom is -0.756 e. The molecule has 9 nitrogen and oxygen atoms in total. The lowest BCUT2D eigenvalue weighted by Crippen LogP contribution is -2.37. The van der Waals surface area contributed by atoms with Gasteiger partial charge in [-0.2, -0.15) is 0 Å². The monoisotopic (exact) mass is 1060 g/mol. The van der Waals surface area contributed by atoms with Gasteiger partial charge in [-0.05, 0) is 89.9 Å². The molecule has 0 aromatic heterocycles. The van der Waals surface area contributed by atoms with E-state index in [9.17, 15) is 19.0 Å². The molecule has 0 radical (unpaired) electrons. The first-order valence-electron chi connectivity index (χ1n) is 30.3. The van der Waals surface area contributed by atoms with Gasteiger partial charge in [-0.15, -0.1) is 0 Å². The van der Waals surface area contributed by atoms with Crippen LogP contribution in [0.2, 0.25) is 0 Å². The number of allylic oxidation sites excluding steroid dienone is 14. The molecule has 0 aliphatic heterocycles. The van der Waals surface area contributed by atoms with Crippen molar-refractivity contribution >= 4 is 19.8 Å². The number of likely N-dealkylation sites (N-methyl/N-ethyl adjacent to an activating group) is 1. The summed E-state index contributed by atoms with van der Waals surface area (Å²) in [6, 6.07) is 0. The molecule has 2 unspecified atom stereocenters. The van der Waals surface area contributed by atoms with E-state index in [1.165, 1.54) is 141 Å². The maximum atomic E-state index is 12.8. The molecule has 428 valence electrons. The number of phosphoric acid groups is 1. The highest BCUT2D eigenvalue weighted by molar-refractivity contribution is 7.45. The molecule has 0 amide bonds. The van der Waals surface area contributed by atoms with Crippen molar-refractivity contribution in [3.05, 3.63) is 85.1 Å². The maximum Gasteiger partial charge on any atom is 0.306 e. The molecule has 0 rings (SSSR count). The van der Waals surface area contributed by atoms with Crippen molar-refractivity contribution in [2.24, 2.45) is 0 Å². The molecule has 0 aliphatic rings. The Hall–Kier alpha value is -2.81. The fourth-order valence-corrected chi connectivity index (χ4v) is 8.97. The number of ether oxygens (including phenoxy) is 2. The third-order valence-electron chi connectivity index (χ3n) is 12.9. The van der Waals surface area contributed by atoms with Gasteiger partial charge in [-0.3, -0.25) is 14.2 Å². The molecule has 0 aliphatic carbocycles. The first kappa shape index (κ1) is 71.2. The number of carbonyl (C=O) groups excluding carboxylic acids is 2. The predicted octanol–water partition coefficient (Wildman–Crippen LogP) is 18.4. The van der Waals surface area contributed by atoms with E-state index in [-0.39, 0.29) is 32.0 Å². The normalized spacial score (nSPS) is 13.9. The Kier molecular flexibility index (Phi) is 52.9. The average molecular weight is 1060 g/mol. The highest BCUT2D eigenvalue weighted by atomic mass is 31.2. The van der Waals surface area contributed by atoms with Crippen LogP contribution in [0.1, 0.15) is 258 Å². The van der Waals surface area contributed by atoms with Crippen molar-refractivity contribution in [1.82, 2.24) is 0 Å². The first-order chi connectivity index (χ1) is 36.0. The quantitative estimate of drug-likeness (QED) is 0.0195. The van der Waals surface area contributed by atoms with Crippen LogP contribution >= 0.6 is 7.82 Å². The third-order valence-corrected chi connectivity index (χ3v) is 13.9. The molecule has 0 heterocycles. The zero-order valence-electron chi connectivity index (χ0n) is 48.5. The summed E-state index contributed by atoms with van der Waals surface area (Å²) in [5.74, 6) is -0.844. The van der Waals surface area contributed by atoms with Crippen LogP contribution in [0.3, 0.4) is 0 Å². The summed E-state index contributed by atoms with van der Waals surface area (Å²) >= 11 is 0. The first-order valence-corrected chi connectivity index (χ1v) is 31.8. The van der Waals surface area contributed by atoms with Crippen LogP contribution in [0.25, 0.3) is 0 Å². The van der Waals surface area contributed by atoms with Gasteiger partial charge in [0.15, 0.2) is 6.10 Å². The molecule has 0 aromatic carbocycles. The van der Waals surface area contributed by atoms with Gasteiger partial charge in [0.25, 0.3) is 7.82 Å². The van der Waals surface area contributed by atoms with Crippen molar-refractivity contribution in [3.8, 4) is 0 Å². The number of quaternary nitrogens is 1. The summed E-state index contributed by atoms with van der Waals surface area (Å²) < 4.78 is 34.2. The van der Waals surface area contributed by atoms with E-state index in [1.807, 2.05) is 21.1 Å². The van der Waals surface area contributed by atoms with E-state index < -0.39 is 26.5 Å². The van der Waals surface area contributed by atoms with Gasteiger partial charge >= 0.3 is 11.9 Å². The molecule has 0 saturated heterocycles. The fourth-order valence-electron chi connectivity index (χ4n) is 8.24. The topological polar surface area (TPSA) is 111 Å². The molecule has 0 spiro atoms. The van der Waals surface area contributed by atoms with Crippen LogP contribution in [-0.2, 0) is 32.7 Å². The number of hydrogen-bond acceptors (Lipinski definition) is 8. The van der Waals surface area contributed by atoms with Crippen LogP contribution in [0.15, 0.2) is 85.1 Å². The molecule has 0 N–H and O–H groups in total. The standard InChI is InChI=1S/C64H114NO8P/c1-6-8-10-12-14-16-18-20-22-24-26-28-30-31-32-33-35-36-38-40-42-44-46-48-50-52-54-56-63(66)70-60-62(61-72-74(68,69)71-59-58-65(3,4)5)73-64(67)57-55-53-51-49-47-45-43-41-39-37-34-29-27-25-23-21-19-17-15-13-11-9-7-2/h9,11,15,17-18,20-21,23-24,26-27,29,37,39,62H,6-8,10,12-14,16,19,22,25,28,30-36,38,40-61H2,1-5H3/b11-9-,17-15-,20-18-,23-21-,26-24-,29-27-,39-37-. The second-order valence-electron chi connectivity index (χ2n) is 21.3. The largest absolute Gasteiger partial charge is 0.756 e. The van der Waals surface area contributed by atoms with E-state index in [0.717, 1.165) is 83.5 Å². The lowest BCUT2D eigenvalue weighted by atomic mass is 10.0. The number of esters is 2. The number of phosphoric ester groups is 1. The molecule has 0 fully saturated rings. The Morgan fingerprint density at radius 3 is 1.15 bits per heavy atom. The molecule has 0 saturated carbocycles. The molecule has 0 aromatic rings. The highest BCUT2D eigenvalue weighted by Gasteiger charge is 2.22. The Bertz CT molecular complexity index is 1520. The van der Waals surface area contributed by atoms with Crippen LogP contribution < -0.4 is 4.89 Å². The lowest BCUT2D eigenvalue weighted by molar-refractivity contribution is -0.870. The average Bonchev–Trinajstić information content (AvgIpc) is 3.36. The van der Waals surface area contributed by atoms with Crippen molar-refractivity contribution < 1.29 is 42.1 Å². The zero-order valence-corrected chi connectivity index (χ0v) is 49.4. The summed E-state index contributed by atoms with van der Waals surface area (Å²) in [7, 11) is 1.15.